The highest BCUT2D eigenvalue weighted by Crippen LogP contribution is 2.37. The molecule has 204 valence electrons. The minimum atomic E-state index is -0.00688. The van der Waals surface area contributed by atoms with Crippen molar-refractivity contribution in [2.45, 2.75) is 38.6 Å². The van der Waals surface area contributed by atoms with Crippen LogP contribution in [0, 0.1) is 0 Å². The average Bonchev–Trinajstić information content (AvgIpc) is 3.46. The zero-order valence-corrected chi connectivity index (χ0v) is 23.2. The van der Waals surface area contributed by atoms with E-state index in [1.54, 1.807) is 0 Å². The van der Waals surface area contributed by atoms with Crippen LogP contribution >= 0.6 is 0 Å². The van der Waals surface area contributed by atoms with Gasteiger partial charge in [0.2, 0.25) is 0 Å². The standard InChI is InChI=1S/C34H37N5O/c1-2-3-20-37-21-11-17-27-16-10-18-30(32(27)37)39-25-36-31(33(39)28-14-8-5-9-15-28)34(40)38-22-19-35-24-29(38)23-26-12-6-4-7-13-26/h3-10,12-16,18,20,25,29,35H,2,11,17,19,21-24H2,1H3/b20-3+/t29-/m1/s1. The Hall–Kier alpha value is -4.16. The summed E-state index contributed by atoms with van der Waals surface area (Å²) in [7, 11) is 0. The number of hydrogen-bond acceptors (Lipinski definition) is 4. The second kappa shape index (κ2) is 11.9. The molecule has 6 rings (SSSR count). The Morgan fingerprint density at radius 1 is 1.00 bits per heavy atom. The van der Waals surface area contributed by atoms with Gasteiger partial charge in [-0.25, -0.2) is 4.98 Å². The number of aryl methyl sites for hydroxylation is 1. The number of amides is 1. The molecule has 0 radical (unpaired) electrons. The highest BCUT2D eigenvalue weighted by atomic mass is 16.2. The van der Waals surface area contributed by atoms with Gasteiger partial charge in [0, 0.05) is 44.0 Å². The second-order valence-electron chi connectivity index (χ2n) is 10.6. The van der Waals surface area contributed by atoms with Crippen LogP contribution in [-0.4, -0.2) is 52.6 Å². The highest BCUT2D eigenvalue weighted by molar-refractivity contribution is 5.99. The molecule has 3 aromatic carbocycles. The number of carbonyl (C=O) groups excluding carboxylic acids is 1. The van der Waals surface area contributed by atoms with Gasteiger partial charge in [0.25, 0.3) is 5.91 Å². The van der Waals surface area contributed by atoms with Gasteiger partial charge in [-0.05, 0) is 42.9 Å². The summed E-state index contributed by atoms with van der Waals surface area (Å²) in [6.07, 6.45) is 10.2. The number of allylic oxidation sites excluding steroid dienone is 1. The summed E-state index contributed by atoms with van der Waals surface area (Å²) in [5, 5.41) is 3.49. The molecule has 4 aromatic rings. The van der Waals surface area contributed by atoms with Crippen molar-refractivity contribution in [3.63, 3.8) is 0 Å². The summed E-state index contributed by atoms with van der Waals surface area (Å²) in [4.78, 5) is 23.6. The zero-order chi connectivity index (χ0) is 27.3. The Labute approximate surface area is 237 Å². The van der Waals surface area contributed by atoms with Gasteiger partial charge in [-0.3, -0.25) is 9.36 Å². The Kier molecular flexibility index (Phi) is 7.78. The van der Waals surface area contributed by atoms with Crippen molar-refractivity contribution in [1.82, 2.24) is 19.8 Å². The first-order valence-corrected chi connectivity index (χ1v) is 14.5. The van der Waals surface area contributed by atoms with Crippen LogP contribution in [0.15, 0.2) is 97.5 Å². The fourth-order valence-corrected chi connectivity index (χ4v) is 6.03. The lowest BCUT2D eigenvalue weighted by Crippen LogP contribution is -2.54. The van der Waals surface area contributed by atoms with Crippen LogP contribution in [0.4, 0.5) is 5.69 Å². The van der Waals surface area contributed by atoms with Crippen LogP contribution in [0.3, 0.4) is 0 Å². The number of nitrogens with zero attached hydrogens (tertiary/aromatic N) is 4. The van der Waals surface area contributed by atoms with Crippen molar-refractivity contribution in [3.05, 3.63) is 114 Å². The monoisotopic (exact) mass is 531 g/mol. The largest absolute Gasteiger partial charge is 0.346 e. The molecule has 1 atom stereocenters. The van der Waals surface area contributed by atoms with Crippen LogP contribution in [0.1, 0.15) is 41.4 Å². The zero-order valence-electron chi connectivity index (χ0n) is 23.2. The predicted molar refractivity (Wildman–Crippen MR) is 162 cm³/mol. The number of anilines is 1. The number of hydrogen-bond donors (Lipinski definition) is 1. The topological polar surface area (TPSA) is 53.4 Å². The number of imidazole rings is 1. The van der Waals surface area contributed by atoms with Crippen molar-refractivity contribution in [1.29, 1.82) is 0 Å². The summed E-state index contributed by atoms with van der Waals surface area (Å²) in [6.45, 7) is 5.35. The van der Waals surface area contributed by atoms with Gasteiger partial charge in [0.15, 0.2) is 5.69 Å². The molecule has 1 amide bonds. The molecular weight excluding hydrogens is 494 g/mol. The lowest BCUT2D eigenvalue weighted by molar-refractivity contribution is 0.0631. The van der Waals surface area contributed by atoms with Crippen LogP contribution < -0.4 is 10.2 Å². The molecular formula is C34H37N5O. The predicted octanol–water partition coefficient (Wildman–Crippen LogP) is 5.87. The number of nitrogens with one attached hydrogen (secondary N) is 1. The van der Waals surface area contributed by atoms with Gasteiger partial charge in [-0.15, -0.1) is 0 Å². The molecule has 2 aliphatic heterocycles. The van der Waals surface area contributed by atoms with E-state index in [9.17, 15) is 4.79 Å². The molecule has 2 aliphatic rings. The molecule has 3 heterocycles. The Morgan fingerprint density at radius 3 is 2.60 bits per heavy atom. The fraction of sp³-hybridized carbons (Fsp3) is 0.294. The molecule has 1 aromatic heterocycles. The van der Waals surface area contributed by atoms with Crippen molar-refractivity contribution in [2.24, 2.45) is 0 Å². The molecule has 0 aliphatic carbocycles. The summed E-state index contributed by atoms with van der Waals surface area (Å²) >= 11 is 0. The molecule has 6 heteroatoms. The SMILES string of the molecule is CC/C=C/N1CCCc2cccc(-n3cnc(C(=O)N4CCNC[C@H]4Cc4ccccc4)c3-c3ccccc3)c21. The van der Waals surface area contributed by atoms with Gasteiger partial charge in [-0.2, -0.15) is 0 Å². The lowest BCUT2D eigenvalue weighted by atomic mass is 9.99. The number of carbonyl (C=O) groups is 1. The van der Waals surface area contributed by atoms with Crippen LogP contribution in [-0.2, 0) is 12.8 Å². The molecule has 1 fully saturated rings. The van der Waals surface area contributed by atoms with Crippen LogP contribution in [0.2, 0.25) is 0 Å². The van der Waals surface area contributed by atoms with Gasteiger partial charge < -0.3 is 15.1 Å². The quantitative estimate of drug-likeness (QED) is 0.324. The Morgan fingerprint density at radius 2 is 1.80 bits per heavy atom. The van der Waals surface area contributed by atoms with Crippen molar-refractivity contribution < 1.29 is 4.79 Å². The molecule has 40 heavy (non-hydrogen) atoms. The first-order chi connectivity index (χ1) is 19.7. The van der Waals surface area contributed by atoms with E-state index in [2.05, 4.69) is 88.6 Å². The molecule has 0 bridgehead atoms. The number of aromatic nitrogens is 2. The first kappa shape index (κ1) is 26.1. The van der Waals surface area contributed by atoms with E-state index in [1.165, 1.54) is 16.8 Å². The normalized spacial score (nSPS) is 17.3. The van der Waals surface area contributed by atoms with Crippen molar-refractivity contribution in [3.8, 4) is 16.9 Å². The third-order valence-corrected chi connectivity index (χ3v) is 7.95. The minimum Gasteiger partial charge on any atom is -0.346 e. The molecule has 1 N–H and O–H groups in total. The molecule has 1 saturated heterocycles. The molecule has 0 spiro atoms. The number of fused-ring (bicyclic) bond motifs is 1. The Balaban J connectivity index is 1.44. The molecule has 6 nitrogen and oxygen atoms in total. The Bertz CT molecular complexity index is 1480. The van der Waals surface area contributed by atoms with E-state index >= 15 is 0 Å². The van der Waals surface area contributed by atoms with E-state index in [4.69, 9.17) is 4.98 Å². The summed E-state index contributed by atoms with van der Waals surface area (Å²) < 4.78 is 2.13. The number of para-hydroxylation sites is 1. The highest BCUT2D eigenvalue weighted by Gasteiger charge is 2.32. The van der Waals surface area contributed by atoms with E-state index in [0.717, 1.165) is 62.3 Å². The fourth-order valence-electron chi connectivity index (χ4n) is 6.03. The average molecular weight is 532 g/mol. The van der Waals surface area contributed by atoms with E-state index < -0.39 is 0 Å². The smallest absolute Gasteiger partial charge is 0.275 e. The maximum absolute atomic E-state index is 14.3. The van der Waals surface area contributed by atoms with E-state index in [-0.39, 0.29) is 11.9 Å². The number of piperazine rings is 1. The van der Waals surface area contributed by atoms with Gasteiger partial charge in [0.05, 0.1) is 17.1 Å². The van der Waals surface area contributed by atoms with Crippen molar-refractivity contribution >= 4 is 11.6 Å². The summed E-state index contributed by atoms with van der Waals surface area (Å²) in [6, 6.07) is 27.2. The first-order valence-electron chi connectivity index (χ1n) is 14.5. The van der Waals surface area contributed by atoms with Crippen LogP contribution in [0.5, 0.6) is 0 Å². The molecule has 0 unspecified atom stereocenters. The summed E-state index contributed by atoms with van der Waals surface area (Å²) in [5.41, 5.74) is 7.17. The third-order valence-electron chi connectivity index (χ3n) is 7.95. The maximum atomic E-state index is 14.3. The van der Waals surface area contributed by atoms with Gasteiger partial charge >= 0.3 is 0 Å². The van der Waals surface area contributed by atoms with Gasteiger partial charge in [-0.1, -0.05) is 85.8 Å². The summed E-state index contributed by atoms with van der Waals surface area (Å²) in [5.74, 6) is -0.00688. The molecule has 0 saturated carbocycles. The van der Waals surface area contributed by atoms with Gasteiger partial charge in [0.1, 0.15) is 6.33 Å². The minimum absolute atomic E-state index is 0.00688. The van der Waals surface area contributed by atoms with E-state index in [1.807, 2.05) is 35.5 Å². The van der Waals surface area contributed by atoms with E-state index in [0.29, 0.717) is 12.2 Å². The van der Waals surface area contributed by atoms with Crippen molar-refractivity contribution in [2.75, 3.05) is 31.1 Å². The second-order valence-corrected chi connectivity index (χ2v) is 10.6. The lowest BCUT2D eigenvalue weighted by Gasteiger charge is -2.36. The maximum Gasteiger partial charge on any atom is 0.275 e. The number of rotatable bonds is 7. The third kappa shape index (κ3) is 5.19. The number of benzene rings is 3. The van der Waals surface area contributed by atoms with Crippen LogP contribution in [0.25, 0.3) is 16.9 Å².